The molecule has 240 valence electrons. The molecular formula is C47H47N. The lowest BCUT2D eigenvalue weighted by molar-refractivity contribution is 0.590. The van der Waals surface area contributed by atoms with Crippen molar-refractivity contribution in [2.24, 2.45) is 5.73 Å². The first-order valence-electron chi connectivity index (χ1n) is 16.9. The molecule has 0 bridgehead atoms. The van der Waals surface area contributed by atoms with Gasteiger partial charge in [0.15, 0.2) is 0 Å². The summed E-state index contributed by atoms with van der Waals surface area (Å²) in [6.07, 6.45) is 12.3. The highest BCUT2D eigenvalue weighted by Crippen LogP contribution is 2.44. The van der Waals surface area contributed by atoms with Gasteiger partial charge in [0.25, 0.3) is 0 Å². The molecule has 6 aromatic rings. The van der Waals surface area contributed by atoms with Crippen molar-refractivity contribution in [2.75, 3.05) is 0 Å². The van der Waals surface area contributed by atoms with E-state index in [-0.39, 0.29) is 5.41 Å². The molecule has 6 aromatic carbocycles. The van der Waals surface area contributed by atoms with E-state index in [2.05, 4.69) is 149 Å². The van der Waals surface area contributed by atoms with E-state index in [0.29, 0.717) is 0 Å². The molecule has 0 spiro atoms. The maximum atomic E-state index is 5.42. The third kappa shape index (κ3) is 6.97. The van der Waals surface area contributed by atoms with Crippen molar-refractivity contribution in [3.8, 4) is 33.4 Å². The number of nitrogens with two attached hydrogens (primary N) is 1. The van der Waals surface area contributed by atoms with Crippen LogP contribution in [0.3, 0.4) is 0 Å². The van der Waals surface area contributed by atoms with E-state index in [1.807, 2.05) is 38.2 Å². The fourth-order valence-corrected chi connectivity index (χ4v) is 6.42. The largest absolute Gasteiger partial charge is 0.405 e. The Hall–Kier alpha value is -5.40. The van der Waals surface area contributed by atoms with E-state index in [1.54, 1.807) is 6.20 Å². The zero-order valence-electron chi connectivity index (χ0n) is 29.1. The van der Waals surface area contributed by atoms with Crippen LogP contribution in [0.1, 0.15) is 56.9 Å². The fourth-order valence-electron chi connectivity index (χ4n) is 6.42. The standard InChI is InChI=1S/C45H41N.C2H6/c1-6-39-40(7-2)44(42-15-11-10-14-41(42)43(39)33-24-26-38(27-25-33)45(3,4)5)37-23-22-35-29-34(20-21-36(35)30-37)32-18-16-31(17-19-32)13-9-8-12-28-46;1-2/h6-12,14-30H,1-2,13,46H2,3-5H3;1-2H3/b9-8-,28-12-;. The molecule has 0 radical (unpaired) electrons. The first-order valence-corrected chi connectivity index (χ1v) is 16.9. The average molecular weight is 626 g/mol. The van der Waals surface area contributed by atoms with Gasteiger partial charge in [-0.15, -0.1) is 0 Å². The molecule has 0 unspecified atom stereocenters. The molecule has 0 amide bonds. The molecule has 0 heterocycles. The van der Waals surface area contributed by atoms with Crippen LogP contribution in [0.2, 0.25) is 0 Å². The molecule has 0 atom stereocenters. The Balaban J connectivity index is 0.00000221. The molecule has 1 heteroatoms. The summed E-state index contributed by atoms with van der Waals surface area (Å²) in [5.41, 5.74) is 17.5. The first kappa shape index (κ1) is 33.9. The number of benzene rings is 6. The lowest BCUT2D eigenvalue weighted by Gasteiger charge is -2.22. The minimum atomic E-state index is 0.0970. The van der Waals surface area contributed by atoms with Crippen molar-refractivity contribution in [1.82, 2.24) is 0 Å². The van der Waals surface area contributed by atoms with Gasteiger partial charge in [-0.1, -0.05) is 169 Å². The summed E-state index contributed by atoms with van der Waals surface area (Å²) in [4.78, 5) is 0. The van der Waals surface area contributed by atoms with Crippen molar-refractivity contribution >= 4 is 33.7 Å². The topological polar surface area (TPSA) is 26.0 Å². The van der Waals surface area contributed by atoms with Crippen molar-refractivity contribution < 1.29 is 0 Å². The van der Waals surface area contributed by atoms with E-state index in [1.165, 1.54) is 66.1 Å². The lowest BCUT2D eigenvalue weighted by atomic mass is 9.82. The molecule has 0 aliphatic carbocycles. The summed E-state index contributed by atoms with van der Waals surface area (Å²) in [6, 6.07) is 40.1. The Morgan fingerprint density at radius 3 is 1.62 bits per heavy atom. The van der Waals surface area contributed by atoms with Gasteiger partial charge in [-0.25, -0.2) is 0 Å². The number of fused-ring (bicyclic) bond motifs is 2. The first-order chi connectivity index (χ1) is 23.3. The van der Waals surface area contributed by atoms with Crippen LogP contribution < -0.4 is 5.73 Å². The number of allylic oxidation sites excluding steroid dienone is 3. The SMILES string of the molecule is C=Cc1c(C=C)c(-c2ccc3cc(-c4ccc(C/C=C\C=C/N)cc4)ccc3c2)c2ccccc2c1-c1ccc(C(C)(C)C)cc1.CC. The van der Waals surface area contributed by atoms with Crippen LogP contribution in [0.5, 0.6) is 0 Å². The predicted octanol–water partition coefficient (Wildman–Crippen LogP) is 13.2. The molecule has 0 saturated heterocycles. The monoisotopic (exact) mass is 625 g/mol. The summed E-state index contributed by atoms with van der Waals surface area (Å²) in [5.74, 6) is 0. The maximum Gasteiger partial charge on any atom is -0.00264 e. The summed E-state index contributed by atoms with van der Waals surface area (Å²) < 4.78 is 0. The molecule has 0 fully saturated rings. The molecule has 48 heavy (non-hydrogen) atoms. The van der Waals surface area contributed by atoms with Crippen LogP contribution in [0.25, 0.3) is 67.1 Å². The van der Waals surface area contributed by atoms with Gasteiger partial charge in [0.05, 0.1) is 0 Å². The van der Waals surface area contributed by atoms with E-state index < -0.39 is 0 Å². The fraction of sp³-hybridized carbons (Fsp3) is 0.149. The van der Waals surface area contributed by atoms with E-state index in [9.17, 15) is 0 Å². The quantitative estimate of drug-likeness (QED) is 0.167. The highest BCUT2D eigenvalue weighted by molar-refractivity contribution is 6.12. The lowest BCUT2D eigenvalue weighted by Crippen LogP contribution is -2.10. The second-order valence-corrected chi connectivity index (χ2v) is 12.8. The van der Waals surface area contributed by atoms with Gasteiger partial charge in [-0.05, 0) is 113 Å². The maximum absolute atomic E-state index is 5.42. The van der Waals surface area contributed by atoms with Crippen LogP contribution in [0, 0.1) is 0 Å². The molecule has 0 aliphatic rings. The molecule has 0 aromatic heterocycles. The Bertz CT molecular complexity index is 2110. The van der Waals surface area contributed by atoms with Gasteiger partial charge in [0.2, 0.25) is 0 Å². The second kappa shape index (κ2) is 15.0. The van der Waals surface area contributed by atoms with Crippen LogP contribution >= 0.6 is 0 Å². The third-order valence-electron chi connectivity index (χ3n) is 8.87. The van der Waals surface area contributed by atoms with Gasteiger partial charge in [-0.3, -0.25) is 0 Å². The molecule has 0 saturated carbocycles. The Morgan fingerprint density at radius 1 is 0.583 bits per heavy atom. The normalized spacial score (nSPS) is 11.6. The Kier molecular flexibility index (Phi) is 10.6. The van der Waals surface area contributed by atoms with Gasteiger partial charge >= 0.3 is 0 Å². The van der Waals surface area contributed by atoms with E-state index in [0.717, 1.165) is 17.5 Å². The van der Waals surface area contributed by atoms with Gasteiger partial charge in [0.1, 0.15) is 0 Å². The molecule has 6 rings (SSSR count). The van der Waals surface area contributed by atoms with Gasteiger partial charge < -0.3 is 5.73 Å². The van der Waals surface area contributed by atoms with Crippen LogP contribution in [-0.4, -0.2) is 0 Å². The molecule has 1 nitrogen and oxygen atoms in total. The summed E-state index contributed by atoms with van der Waals surface area (Å²) in [7, 11) is 0. The zero-order valence-corrected chi connectivity index (χ0v) is 29.1. The van der Waals surface area contributed by atoms with E-state index in [4.69, 9.17) is 5.73 Å². The van der Waals surface area contributed by atoms with Gasteiger partial charge in [0, 0.05) is 0 Å². The predicted molar refractivity (Wildman–Crippen MR) is 214 cm³/mol. The minimum absolute atomic E-state index is 0.0970. The smallest absolute Gasteiger partial charge is 0.00264 e. The number of rotatable bonds is 8. The number of hydrogen-bond donors (Lipinski definition) is 1. The minimum Gasteiger partial charge on any atom is -0.405 e. The van der Waals surface area contributed by atoms with E-state index >= 15 is 0 Å². The van der Waals surface area contributed by atoms with Crippen LogP contribution in [0.4, 0.5) is 0 Å². The van der Waals surface area contributed by atoms with Crippen molar-refractivity contribution in [3.63, 3.8) is 0 Å². The summed E-state index contributed by atoms with van der Waals surface area (Å²) >= 11 is 0. The zero-order chi connectivity index (χ0) is 34.3. The van der Waals surface area contributed by atoms with Gasteiger partial charge in [-0.2, -0.15) is 0 Å². The molecular weight excluding hydrogens is 579 g/mol. The Morgan fingerprint density at radius 2 is 1.08 bits per heavy atom. The highest BCUT2D eigenvalue weighted by Gasteiger charge is 2.20. The van der Waals surface area contributed by atoms with Crippen molar-refractivity contribution in [1.29, 1.82) is 0 Å². The second-order valence-electron chi connectivity index (χ2n) is 12.8. The highest BCUT2D eigenvalue weighted by atomic mass is 14.5. The third-order valence-corrected chi connectivity index (χ3v) is 8.87. The number of hydrogen-bond acceptors (Lipinski definition) is 1. The molecule has 0 aliphatic heterocycles. The van der Waals surface area contributed by atoms with Crippen LogP contribution in [0.15, 0.2) is 147 Å². The average Bonchev–Trinajstić information content (AvgIpc) is 3.12. The molecule has 2 N–H and O–H groups in total. The van der Waals surface area contributed by atoms with Crippen molar-refractivity contribution in [2.45, 2.75) is 46.5 Å². The van der Waals surface area contributed by atoms with Crippen LogP contribution in [-0.2, 0) is 11.8 Å². The summed E-state index contributed by atoms with van der Waals surface area (Å²) in [5, 5.41) is 4.84. The summed E-state index contributed by atoms with van der Waals surface area (Å²) in [6.45, 7) is 19.3. The Labute approximate surface area is 287 Å². The van der Waals surface area contributed by atoms with Crippen molar-refractivity contribution in [3.05, 3.63) is 169 Å².